The lowest BCUT2D eigenvalue weighted by molar-refractivity contribution is -0.114. The first-order valence-electron chi connectivity index (χ1n) is 8.75. The Morgan fingerprint density at radius 3 is 2.61 bits per heavy atom. The molecular formula is C21H27IN4O2. The van der Waals surface area contributed by atoms with Gasteiger partial charge >= 0.3 is 0 Å². The molecule has 0 bridgehead atoms. The lowest BCUT2D eigenvalue weighted by atomic mass is 10.2. The Hall–Kier alpha value is -2.55. The van der Waals surface area contributed by atoms with Gasteiger partial charge in [-0.2, -0.15) is 0 Å². The van der Waals surface area contributed by atoms with Gasteiger partial charge in [-0.3, -0.25) is 9.79 Å². The Labute approximate surface area is 183 Å². The van der Waals surface area contributed by atoms with Crippen LogP contribution in [0.15, 0.2) is 66.2 Å². The van der Waals surface area contributed by atoms with Crippen molar-refractivity contribution in [2.75, 3.05) is 19.0 Å². The molecule has 0 radical (unpaired) electrons. The topological polar surface area (TPSA) is 74.8 Å². The zero-order chi connectivity index (χ0) is 19.5. The Bertz CT molecular complexity index is 808. The Morgan fingerprint density at radius 1 is 1.14 bits per heavy atom. The molecule has 0 heterocycles. The minimum atomic E-state index is -0.0880. The van der Waals surface area contributed by atoms with Crippen LogP contribution in [0.3, 0.4) is 0 Å². The van der Waals surface area contributed by atoms with Gasteiger partial charge in [0.1, 0.15) is 12.4 Å². The molecule has 0 saturated carbocycles. The number of nitrogens with one attached hydrogen (secondary N) is 3. The number of carbonyl (C=O) groups excluding carboxylic acids is 1. The molecule has 0 aromatic heterocycles. The number of halogens is 1. The van der Waals surface area contributed by atoms with Gasteiger partial charge in [-0.25, -0.2) is 0 Å². The number of carbonyl (C=O) groups is 1. The highest BCUT2D eigenvalue weighted by atomic mass is 127. The molecule has 150 valence electrons. The molecule has 0 aliphatic heterocycles. The van der Waals surface area contributed by atoms with E-state index in [9.17, 15) is 4.79 Å². The summed E-state index contributed by atoms with van der Waals surface area (Å²) in [5.41, 5.74) is 2.85. The predicted molar refractivity (Wildman–Crippen MR) is 125 cm³/mol. The van der Waals surface area contributed by atoms with E-state index in [4.69, 9.17) is 4.74 Å². The van der Waals surface area contributed by atoms with Gasteiger partial charge in [-0.15, -0.1) is 24.0 Å². The molecule has 3 N–H and O–H groups in total. The van der Waals surface area contributed by atoms with Crippen molar-refractivity contribution in [1.29, 1.82) is 0 Å². The number of hydrogen-bond donors (Lipinski definition) is 3. The molecule has 2 aromatic carbocycles. The van der Waals surface area contributed by atoms with E-state index >= 15 is 0 Å². The second-order valence-corrected chi connectivity index (χ2v) is 5.87. The van der Waals surface area contributed by atoms with Gasteiger partial charge in [0.2, 0.25) is 5.91 Å². The van der Waals surface area contributed by atoms with Crippen LogP contribution in [0.1, 0.15) is 18.1 Å². The molecule has 0 aliphatic rings. The number of aliphatic imine (C=N–C) groups is 1. The molecule has 0 spiro atoms. The van der Waals surface area contributed by atoms with Crippen molar-refractivity contribution in [2.24, 2.45) is 4.99 Å². The molecule has 0 fully saturated rings. The first kappa shape index (κ1) is 23.5. The Kier molecular flexibility index (Phi) is 10.7. The summed E-state index contributed by atoms with van der Waals surface area (Å²) in [4.78, 5) is 15.4. The minimum absolute atomic E-state index is 0. The summed E-state index contributed by atoms with van der Waals surface area (Å²) in [6.07, 6.45) is 1.72. The fourth-order valence-corrected chi connectivity index (χ4v) is 2.49. The maximum absolute atomic E-state index is 11.2. The Morgan fingerprint density at radius 2 is 1.89 bits per heavy atom. The highest BCUT2D eigenvalue weighted by Gasteiger charge is 2.05. The minimum Gasteiger partial charge on any atom is -0.489 e. The summed E-state index contributed by atoms with van der Waals surface area (Å²) >= 11 is 0. The van der Waals surface area contributed by atoms with Gasteiger partial charge in [0.25, 0.3) is 0 Å². The molecule has 2 rings (SSSR count). The molecule has 0 aliphatic carbocycles. The fraction of sp³-hybridized carbons (Fsp3) is 0.238. The largest absolute Gasteiger partial charge is 0.489 e. The molecule has 2 aromatic rings. The van der Waals surface area contributed by atoms with E-state index in [1.807, 2.05) is 48.5 Å². The number of guanidine groups is 1. The van der Waals surface area contributed by atoms with Gasteiger partial charge in [0.05, 0.1) is 0 Å². The molecule has 7 heteroatoms. The van der Waals surface area contributed by atoms with E-state index in [1.165, 1.54) is 6.92 Å². The second kappa shape index (κ2) is 12.8. The molecule has 1 amide bonds. The van der Waals surface area contributed by atoms with Crippen LogP contribution in [0.2, 0.25) is 0 Å². The summed E-state index contributed by atoms with van der Waals surface area (Å²) in [7, 11) is 1.73. The third kappa shape index (κ3) is 7.99. The van der Waals surface area contributed by atoms with Gasteiger partial charge in [-0.1, -0.05) is 43.0 Å². The van der Waals surface area contributed by atoms with E-state index < -0.39 is 0 Å². The van der Waals surface area contributed by atoms with Crippen LogP contribution in [-0.4, -0.2) is 25.5 Å². The molecular weight excluding hydrogens is 467 g/mol. The molecule has 0 saturated heterocycles. The molecule has 6 nitrogen and oxygen atoms in total. The predicted octanol–water partition coefficient (Wildman–Crippen LogP) is 3.69. The van der Waals surface area contributed by atoms with Crippen molar-refractivity contribution in [3.05, 3.63) is 72.3 Å². The Balaban J connectivity index is 0.00000392. The van der Waals surface area contributed by atoms with Crippen LogP contribution in [0.5, 0.6) is 5.75 Å². The number of para-hydroxylation sites is 1. The average molecular weight is 494 g/mol. The smallest absolute Gasteiger partial charge is 0.221 e. The summed E-state index contributed by atoms with van der Waals surface area (Å²) in [6, 6.07) is 15.5. The van der Waals surface area contributed by atoms with Crippen molar-refractivity contribution in [3.8, 4) is 5.75 Å². The third-order valence-electron chi connectivity index (χ3n) is 3.71. The van der Waals surface area contributed by atoms with Gasteiger partial charge in [0.15, 0.2) is 5.96 Å². The van der Waals surface area contributed by atoms with E-state index in [2.05, 4.69) is 27.5 Å². The number of hydrogen-bond acceptors (Lipinski definition) is 3. The highest BCUT2D eigenvalue weighted by molar-refractivity contribution is 14.0. The van der Waals surface area contributed by atoms with Crippen molar-refractivity contribution in [2.45, 2.75) is 20.0 Å². The number of anilines is 1. The summed E-state index contributed by atoms with van der Waals surface area (Å²) in [6.45, 7) is 6.80. The van der Waals surface area contributed by atoms with Crippen molar-refractivity contribution < 1.29 is 9.53 Å². The molecule has 28 heavy (non-hydrogen) atoms. The lowest BCUT2D eigenvalue weighted by Gasteiger charge is -2.15. The van der Waals surface area contributed by atoms with Crippen LogP contribution in [0.25, 0.3) is 0 Å². The van der Waals surface area contributed by atoms with Gasteiger partial charge in [-0.05, 0) is 23.8 Å². The summed E-state index contributed by atoms with van der Waals surface area (Å²) in [5, 5.41) is 9.33. The van der Waals surface area contributed by atoms with Crippen molar-refractivity contribution >= 4 is 41.5 Å². The fourth-order valence-electron chi connectivity index (χ4n) is 2.49. The van der Waals surface area contributed by atoms with Crippen molar-refractivity contribution in [3.63, 3.8) is 0 Å². The van der Waals surface area contributed by atoms with E-state index in [1.54, 1.807) is 13.1 Å². The normalized spacial score (nSPS) is 10.4. The third-order valence-corrected chi connectivity index (χ3v) is 3.71. The van der Waals surface area contributed by atoms with Gasteiger partial charge in [0, 0.05) is 38.3 Å². The monoisotopic (exact) mass is 494 g/mol. The number of nitrogens with zero attached hydrogens (tertiary/aromatic N) is 1. The number of amides is 1. The first-order chi connectivity index (χ1) is 13.1. The summed E-state index contributed by atoms with van der Waals surface area (Å²) < 4.78 is 5.67. The number of rotatable bonds is 8. The maximum Gasteiger partial charge on any atom is 0.221 e. The average Bonchev–Trinajstić information content (AvgIpc) is 2.67. The van der Waals surface area contributed by atoms with Crippen LogP contribution in [0, 0.1) is 0 Å². The highest BCUT2D eigenvalue weighted by Crippen LogP contribution is 2.17. The number of ether oxygens (including phenoxy) is 1. The second-order valence-electron chi connectivity index (χ2n) is 5.87. The molecule has 0 unspecified atom stereocenters. The summed E-state index contributed by atoms with van der Waals surface area (Å²) in [5.74, 6) is 1.41. The van der Waals surface area contributed by atoms with Crippen LogP contribution in [-0.2, 0) is 17.9 Å². The van der Waals surface area contributed by atoms with E-state index in [0.717, 1.165) is 22.6 Å². The zero-order valence-electron chi connectivity index (χ0n) is 16.2. The van der Waals surface area contributed by atoms with Crippen molar-refractivity contribution in [1.82, 2.24) is 10.6 Å². The maximum atomic E-state index is 11.2. The quantitative estimate of drug-likeness (QED) is 0.227. The lowest BCUT2D eigenvalue weighted by Crippen LogP contribution is -2.36. The van der Waals surface area contributed by atoms with Gasteiger partial charge < -0.3 is 20.7 Å². The first-order valence-corrected chi connectivity index (χ1v) is 8.75. The standard InChI is InChI=1S/C21H26N4O2.HI/c1-4-12-27-20-11-6-5-9-18(20)15-24-21(22-3)23-14-17-8-7-10-19(13-17)25-16(2)26;/h4-11,13H,1,12,14-15H2,2-3H3,(H,25,26)(H2,22,23,24);1H. The van der Waals surface area contributed by atoms with E-state index in [0.29, 0.717) is 25.7 Å². The zero-order valence-corrected chi connectivity index (χ0v) is 18.5. The van der Waals surface area contributed by atoms with E-state index in [-0.39, 0.29) is 29.9 Å². The van der Waals surface area contributed by atoms with Crippen LogP contribution in [0.4, 0.5) is 5.69 Å². The van der Waals surface area contributed by atoms with Crippen LogP contribution >= 0.6 is 24.0 Å². The SMILES string of the molecule is C=CCOc1ccccc1CNC(=NC)NCc1cccc(NC(C)=O)c1.I. The molecule has 0 atom stereocenters. The van der Waals surface area contributed by atoms with Crippen LogP contribution < -0.4 is 20.7 Å². The number of benzene rings is 2.